The molecule has 2 heterocycles. The van der Waals surface area contributed by atoms with Crippen molar-refractivity contribution in [1.82, 2.24) is 0 Å². The summed E-state index contributed by atoms with van der Waals surface area (Å²) in [4.78, 5) is 23.9. The third kappa shape index (κ3) is 1.65. The van der Waals surface area contributed by atoms with Crippen molar-refractivity contribution in [2.24, 2.45) is 11.8 Å². The molecule has 1 fully saturated rings. The number of fused-ring (bicyclic) bond motifs is 5. The van der Waals surface area contributed by atoms with E-state index in [4.69, 9.17) is 14.2 Å². The smallest absolute Gasteiger partial charge is 0.313 e. The van der Waals surface area contributed by atoms with Crippen LogP contribution in [0.3, 0.4) is 0 Å². The first-order valence-corrected chi connectivity index (χ1v) is 8.19. The molecule has 22 heavy (non-hydrogen) atoms. The van der Waals surface area contributed by atoms with Crippen LogP contribution in [0, 0.1) is 11.8 Å². The number of esters is 2. The lowest BCUT2D eigenvalue weighted by molar-refractivity contribution is -0.159. The van der Waals surface area contributed by atoms with Crippen molar-refractivity contribution in [2.75, 3.05) is 20.5 Å². The number of hydrogen-bond donors (Lipinski definition) is 0. The summed E-state index contributed by atoms with van der Waals surface area (Å²) in [6, 6.07) is 7.70. The highest BCUT2D eigenvalue weighted by Crippen LogP contribution is 2.67. The molecule has 1 aromatic carbocycles. The van der Waals surface area contributed by atoms with E-state index >= 15 is 0 Å². The highest BCUT2D eigenvalue weighted by atomic mass is 32.2. The molecular weight excluding hydrogens is 304 g/mol. The van der Waals surface area contributed by atoms with Crippen molar-refractivity contribution >= 4 is 23.7 Å². The lowest BCUT2D eigenvalue weighted by atomic mass is 9.69. The summed E-state index contributed by atoms with van der Waals surface area (Å²) in [5, 5.41) is 0. The lowest BCUT2D eigenvalue weighted by Gasteiger charge is -2.35. The first kappa shape index (κ1) is 15.4. The van der Waals surface area contributed by atoms with E-state index in [9.17, 15) is 9.59 Å². The van der Waals surface area contributed by atoms with Crippen LogP contribution in [-0.2, 0) is 34.3 Å². The largest absolute Gasteiger partial charge is 0.469 e. The molecule has 2 aliphatic heterocycles. The van der Waals surface area contributed by atoms with Gasteiger partial charge in [0.2, 0.25) is 0 Å². The quantitative estimate of drug-likeness (QED) is 0.794. The van der Waals surface area contributed by atoms with Crippen LogP contribution in [0.2, 0.25) is 0 Å². The Bertz CT molecular complexity index is 645. The summed E-state index contributed by atoms with van der Waals surface area (Å²) in [6.07, 6.45) is 1.87. The van der Waals surface area contributed by atoms with Gasteiger partial charge in [0.1, 0.15) is 17.4 Å². The topological polar surface area (TPSA) is 61.8 Å². The van der Waals surface area contributed by atoms with Gasteiger partial charge in [0.15, 0.2) is 4.93 Å². The summed E-state index contributed by atoms with van der Waals surface area (Å²) in [7, 11) is 2.65. The molecule has 0 radical (unpaired) electrons. The van der Waals surface area contributed by atoms with Crippen molar-refractivity contribution in [3.63, 3.8) is 0 Å². The van der Waals surface area contributed by atoms with Gasteiger partial charge in [-0.3, -0.25) is 9.59 Å². The highest BCUT2D eigenvalue weighted by molar-refractivity contribution is 7.99. The number of ether oxygens (including phenoxy) is 3. The second-order valence-electron chi connectivity index (χ2n) is 5.63. The molecule has 4 atom stereocenters. The summed E-state index contributed by atoms with van der Waals surface area (Å²) in [5.74, 6) is -2.38. The maximum atomic E-state index is 12.4. The zero-order valence-corrected chi connectivity index (χ0v) is 13.7. The zero-order chi connectivity index (χ0) is 16.1. The Hall–Kier alpha value is -1.53. The fraction of sp³-hybridized carbons (Fsp3) is 0.500. The van der Waals surface area contributed by atoms with E-state index in [1.54, 1.807) is 0 Å². The Morgan fingerprint density at radius 2 is 1.64 bits per heavy atom. The standard InChI is InChI=1S/C16H18O5S/c1-15-9-7-5-6-8-10(9)16(21-15,22-4)12(14(18)20-3)11(15)13(17)19-2/h5-8,11-12H,1-4H3/t11-,12-,15+,16+/m1/s1. The number of hydrogen-bond acceptors (Lipinski definition) is 6. The third-order valence-corrected chi connectivity index (χ3v) is 5.91. The minimum Gasteiger partial charge on any atom is -0.469 e. The third-order valence-electron chi connectivity index (χ3n) is 4.75. The van der Waals surface area contributed by atoms with Crippen LogP contribution in [0.25, 0.3) is 0 Å². The van der Waals surface area contributed by atoms with E-state index in [1.807, 2.05) is 37.4 Å². The molecule has 6 heteroatoms. The second-order valence-corrected chi connectivity index (χ2v) is 6.64. The van der Waals surface area contributed by atoms with Gasteiger partial charge >= 0.3 is 11.9 Å². The number of methoxy groups -OCH3 is 2. The van der Waals surface area contributed by atoms with E-state index < -0.39 is 34.3 Å². The molecular formula is C16H18O5S. The number of carbonyl (C=O) groups is 2. The van der Waals surface area contributed by atoms with Crippen LogP contribution in [-0.4, -0.2) is 32.4 Å². The van der Waals surface area contributed by atoms with Crippen molar-refractivity contribution in [2.45, 2.75) is 17.5 Å². The zero-order valence-electron chi connectivity index (χ0n) is 12.9. The van der Waals surface area contributed by atoms with Crippen LogP contribution >= 0.6 is 11.8 Å². The Morgan fingerprint density at radius 3 is 2.18 bits per heavy atom. The fourth-order valence-corrected chi connectivity index (χ4v) is 4.97. The molecule has 0 amide bonds. The summed E-state index contributed by atoms with van der Waals surface area (Å²) in [5.41, 5.74) is 0.964. The number of benzene rings is 1. The van der Waals surface area contributed by atoms with Crippen LogP contribution in [0.5, 0.6) is 0 Å². The van der Waals surface area contributed by atoms with E-state index in [2.05, 4.69) is 0 Å². The van der Waals surface area contributed by atoms with E-state index in [0.717, 1.165) is 11.1 Å². The Kier molecular flexibility index (Phi) is 3.49. The van der Waals surface area contributed by atoms with Gasteiger partial charge in [-0.2, -0.15) is 0 Å². The summed E-state index contributed by atoms with van der Waals surface area (Å²) >= 11 is 1.42. The molecule has 0 N–H and O–H groups in total. The van der Waals surface area contributed by atoms with Gasteiger partial charge in [-0.05, 0) is 18.7 Å². The molecule has 0 spiro atoms. The van der Waals surface area contributed by atoms with Gasteiger partial charge in [-0.15, -0.1) is 11.8 Å². The average Bonchev–Trinajstić information content (AvgIpc) is 2.98. The summed E-state index contributed by atoms with van der Waals surface area (Å²) < 4.78 is 16.2. The van der Waals surface area contributed by atoms with E-state index in [0.29, 0.717) is 0 Å². The predicted octanol–water partition coefficient (Wildman–Crippen LogP) is 2.04. The van der Waals surface area contributed by atoms with Gasteiger partial charge < -0.3 is 14.2 Å². The van der Waals surface area contributed by atoms with Crippen molar-refractivity contribution < 1.29 is 23.8 Å². The van der Waals surface area contributed by atoms with Gasteiger partial charge in [-0.25, -0.2) is 0 Å². The van der Waals surface area contributed by atoms with Gasteiger partial charge in [0, 0.05) is 5.56 Å². The molecule has 2 aliphatic rings. The molecule has 3 rings (SSSR count). The molecule has 1 aromatic rings. The molecule has 118 valence electrons. The minimum absolute atomic E-state index is 0.455. The Morgan fingerprint density at radius 1 is 1.09 bits per heavy atom. The van der Waals surface area contributed by atoms with Crippen molar-refractivity contribution in [1.29, 1.82) is 0 Å². The molecule has 5 nitrogen and oxygen atoms in total. The summed E-state index contributed by atoms with van der Waals surface area (Å²) in [6.45, 7) is 1.84. The van der Waals surface area contributed by atoms with Gasteiger partial charge in [0.25, 0.3) is 0 Å². The second kappa shape index (κ2) is 4.99. The minimum atomic E-state index is -0.919. The highest BCUT2D eigenvalue weighted by Gasteiger charge is 2.73. The van der Waals surface area contributed by atoms with Gasteiger partial charge in [0.05, 0.1) is 14.2 Å². The Labute approximate surface area is 133 Å². The molecule has 2 bridgehead atoms. The van der Waals surface area contributed by atoms with Crippen LogP contribution in [0.15, 0.2) is 24.3 Å². The van der Waals surface area contributed by atoms with E-state index in [-0.39, 0.29) is 0 Å². The van der Waals surface area contributed by atoms with Gasteiger partial charge in [-0.1, -0.05) is 24.3 Å². The predicted molar refractivity (Wildman–Crippen MR) is 81.1 cm³/mol. The normalized spacial score (nSPS) is 35.1. The molecule has 0 unspecified atom stereocenters. The van der Waals surface area contributed by atoms with E-state index in [1.165, 1.54) is 26.0 Å². The maximum absolute atomic E-state index is 12.4. The average molecular weight is 322 g/mol. The SMILES string of the molecule is COC(=O)[C@H]1[C@H](C(=O)OC)[C@]2(SC)O[C@@]1(C)c1ccccc12. The Balaban J connectivity index is 2.27. The van der Waals surface area contributed by atoms with Crippen LogP contribution < -0.4 is 0 Å². The number of thioether (sulfide) groups is 1. The maximum Gasteiger partial charge on any atom is 0.313 e. The molecule has 0 saturated carbocycles. The monoisotopic (exact) mass is 322 g/mol. The lowest BCUT2D eigenvalue weighted by Crippen LogP contribution is -2.46. The fourth-order valence-electron chi connectivity index (χ4n) is 3.83. The number of carbonyl (C=O) groups excluding carboxylic acids is 2. The van der Waals surface area contributed by atoms with Crippen LogP contribution in [0.4, 0.5) is 0 Å². The first-order chi connectivity index (χ1) is 10.5. The first-order valence-electron chi connectivity index (χ1n) is 6.97. The molecule has 1 saturated heterocycles. The van der Waals surface area contributed by atoms with Crippen molar-refractivity contribution in [3.05, 3.63) is 35.4 Å². The van der Waals surface area contributed by atoms with Crippen molar-refractivity contribution in [3.8, 4) is 0 Å². The van der Waals surface area contributed by atoms with Crippen LogP contribution in [0.1, 0.15) is 18.1 Å². The molecule has 0 aromatic heterocycles. The number of rotatable bonds is 3. The molecule has 0 aliphatic carbocycles.